The Morgan fingerprint density at radius 3 is 2.59 bits per heavy atom. The van der Waals surface area contributed by atoms with Crippen LogP contribution in [0.3, 0.4) is 0 Å². The Labute approximate surface area is 97.7 Å². The summed E-state index contributed by atoms with van der Waals surface area (Å²) in [5, 5.41) is 8.93. The van der Waals surface area contributed by atoms with Gasteiger partial charge in [0.1, 0.15) is 12.1 Å². The number of carbonyl (C=O) groups excluding carboxylic acids is 1. The van der Waals surface area contributed by atoms with Crippen LogP contribution in [0.25, 0.3) is 0 Å². The first-order chi connectivity index (χ1) is 8.13. The highest BCUT2D eigenvalue weighted by molar-refractivity contribution is 5.73. The summed E-state index contributed by atoms with van der Waals surface area (Å²) in [7, 11) is 0. The zero-order valence-corrected chi connectivity index (χ0v) is 9.04. The number of carboxylic acid groups (broad SMARTS) is 1. The van der Waals surface area contributed by atoms with E-state index in [0.29, 0.717) is 19.3 Å². The molecular formula is C12H12FNO3. The Hall–Kier alpha value is -1.91. The van der Waals surface area contributed by atoms with Crippen LogP contribution in [-0.4, -0.2) is 35.0 Å². The van der Waals surface area contributed by atoms with Crippen LogP contribution in [0.1, 0.15) is 17.9 Å². The maximum atomic E-state index is 12.8. The third-order valence-corrected chi connectivity index (χ3v) is 3.14. The minimum absolute atomic E-state index is 0.177. The number of hydrogen-bond donors (Lipinski definition) is 1. The van der Waals surface area contributed by atoms with Crippen molar-refractivity contribution in [2.45, 2.75) is 18.4 Å². The second kappa shape index (κ2) is 4.53. The smallest absolute Gasteiger partial charge is 0.407 e. The quantitative estimate of drug-likeness (QED) is 0.799. The van der Waals surface area contributed by atoms with Crippen LogP contribution in [0.4, 0.5) is 9.18 Å². The molecule has 1 aromatic rings. The molecule has 1 fully saturated rings. The largest absolute Gasteiger partial charge is 0.465 e. The zero-order chi connectivity index (χ0) is 12.4. The van der Waals surface area contributed by atoms with E-state index in [4.69, 9.17) is 5.11 Å². The number of aldehydes is 1. The highest BCUT2D eigenvalue weighted by atomic mass is 19.1. The Morgan fingerprint density at radius 1 is 1.41 bits per heavy atom. The van der Waals surface area contributed by atoms with Crippen molar-refractivity contribution >= 4 is 12.4 Å². The summed E-state index contributed by atoms with van der Waals surface area (Å²) < 4.78 is 12.8. The molecule has 1 aliphatic heterocycles. The molecule has 4 nitrogen and oxygen atoms in total. The summed E-state index contributed by atoms with van der Waals surface area (Å²) >= 11 is 0. The molecule has 1 aromatic carbocycles. The summed E-state index contributed by atoms with van der Waals surface area (Å²) in [5.41, 5.74) is 0.798. The summed E-state index contributed by atoms with van der Waals surface area (Å²) in [5.74, 6) is -0.520. The standard InChI is InChI=1S/C12H12FNO3/c13-9-3-1-8(2-4-9)10-5-6-14(12(16)17)11(10)7-15/h1-4,7,10-11H,5-6H2,(H,16,17)/t10-,11+/m0/s1. The lowest BCUT2D eigenvalue weighted by Gasteiger charge is -2.20. The molecule has 1 N–H and O–H groups in total. The van der Waals surface area contributed by atoms with Crippen LogP contribution in [0, 0.1) is 5.82 Å². The Kier molecular flexibility index (Phi) is 3.08. The Balaban J connectivity index is 2.25. The Bertz CT molecular complexity index is 432. The van der Waals surface area contributed by atoms with Gasteiger partial charge in [-0.25, -0.2) is 9.18 Å². The van der Waals surface area contributed by atoms with Gasteiger partial charge in [-0.2, -0.15) is 0 Å². The van der Waals surface area contributed by atoms with E-state index in [2.05, 4.69) is 0 Å². The van der Waals surface area contributed by atoms with Gasteiger partial charge < -0.3 is 9.90 Å². The molecule has 2 rings (SSSR count). The van der Waals surface area contributed by atoms with E-state index in [1.54, 1.807) is 12.1 Å². The summed E-state index contributed by atoms with van der Waals surface area (Å²) in [6.45, 7) is 0.334. The number of rotatable bonds is 2. The fourth-order valence-electron chi connectivity index (χ4n) is 2.28. The van der Waals surface area contributed by atoms with Gasteiger partial charge >= 0.3 is 6.09 Å². The fourth-order valence-corrected chi connectivity index (χ4v) is 2.28. The van der Waals surface area contributed by atoms with Crippen LogP contribution >= 0.6 is 0 Å². The van der Waals surface area contributed by atoms with Crippen LogP contribution in [0.15, 0.2) is 24.3 Å². The first-order valence-corrected chi connectivity index (χ1v) is 5.34. The van der Waals surface area contributed by atoms with Gasteiger partial charge in [0.05, 0.1) is 6.04 Å². The van der Waals surface area contributed by atoms with Crippen molar-refractivity contribution in [2.24, 2.45) is 0 Å². The fraction of sp³-hybridized carbons (Fsp3) is 0.333. The minimum atomic E-state index is -1.09. The normalized spacial score (nSPS) is 23.7. The zero-order valence-electron chi connectivity index (χ0n) is 9.04. The van der Waals surface area contributed by atoms with Gasteiger partial charge in [-0.1, -0.05) is 12.1 Å². The number of carbonyl (C=O) groups is 2. The number of halogens is 1. The van der Waals surface area contributed by atoms with Crippen LogP contribution < -0.4 is 0 Å². The molecule has 1 heterocycles. The van der Waals surface area contributed by atoms with Crippen molar-refractivity contribution in [3.63, 3.8) is 0 Å². The van der Waals surface area contributed by atoms with E-state index in [9.17, 15) is 14.0 Å². The monoisotopic (exact) mass is 237 g/mol. The van der Waals surface area contributed by atoms with E-state index in [-0.39, 0.29) is 11.7 Å². The molecule has 0 aliphatic carbocycles. The molecule has 1 saturated heterocycles. The van der Waals surface area contributed by atoms with Gasteiger partial charge in [-0.15, -0.1) is 0 Å². The molecule has 90 valence electrons. The second-order valence-electron chi connectivity index (χ2n) is 4.05. The molecule has 5 heteroatoms. The molecule has 0 radical (unpaired) electrons. The van der Waals surface area contributed by atoms with Gasteiger partial charge in [0.25, 0.3) is 0 Å². The number of amides is 1. The number of benzene rings is 1. The van der Waals surface area contributed by atoms with Crippen LogP contribution in [0.5, 0.6) is 0 Å². The van der Waals surface area contributed by atoms with Crippen molar-refractivity contribution in [1.29, 1.82) is 0 Å². The third kappa shape index (κ3) is 2.13. The molecule has 2 atom stereocenters. The van der Waals surface area contributed by atoms with E-state index < -0.39 is 12.1 Å². The SMILES string of the molecule is O=C[C@@H]1[C@H](c2ccc(F)cc2)CCN1C(=O)O. The summed E-state index contributed by atoms with van der Waals surface area (Å²) in [6.07, 6.45) is 0.142. The topological polar surface area (TPSA) is 57.6 Å². The van der Waals surface area contributed by atoms with Crippen LogP contribution in [0.2, 0.25) is 0 Å². The lowest BCUT2D eigenvalue weighted by atomic mass is 9.92. The average Bonchev–Trinajstić information content (AvgIpc) is 2.73. The maximum absolute atomic E-state index is 12.8. The molecular weight excluding hydrogens is 225 g/mol. The molecule has 1 aliphatic rings. The van der Waals surface area contributed by atoms with Crippen molar-refractivity contribution < 1.29 is 19.1 Å². The van der Waals surface area contributed by atoms with Crippen molar-refractivity contribution in [2.75, 3.05) is 6.54 Å². The van der Waals surface area contributed by atoms with Gasteiger partial charge in [0.15, 0.2) is 0 Å². The lowest BCUT2D eigenvalue weighted by molar-refractivity contribution is -0.111. The van der Waals surface area contributed by atoms with Crippen molar-refractivity contribution in [3.05, 3.63) is 35.6 Å². The van der Waals surface area contributed by atoms with E-state index >= 15 is 0 Å². The van der Waals surface area contributed by atoms with Crippen molar-refractivity contribution in [1.82, 2.24) is 4.90 Å². The van der Waals surface area contributed by atoms with Gasteiger partial charge in [-0.3, -0.25) is 4.90 Å². The predicted molar refractivity (Wildman–Crippen MR) is 58.3 cm³/mol. The third-order valence-electron chi connectivity index (χ3n) is 3.14. The molecule has 17 heavy (non-hydrogen) atoms. The molecule has 0 saturated carbocycles. The highest BCUT2D eigenvalue weighted by Gasteiger charge is 2.37. The van der Waals surface area contributed by atoms with Gasteiger partial charge in [0, 0.05) is 12.5 Å². The first-order valence-electron chi connectivity index (χ1n) is 5.34. The maximum Gasteiger partial charge on any atom is 0.407 e. The lowest BCUT2D eigenvalue weighted by Crippen LogP contribution is -2.37. The average molecular weight is 237 g/mol. The van der Waals surface area contributed by atoms with Crippen molar-refractivity contribution in [3.8, 4) is 0 Å². The number of hydrogen-bond acceptors (Lipinski definition) is 2. The van der Waals surface area contributed by atoms with Crippen LogP contribution in [-0.2, 0) is 4.79 Å². The second-order valence-corrected chi connectivity index (χ2v) is 4.05. The van der Waals surface area contributed by atoms with E-state index in [1.165, 1.54) is 12.1 Å². The molecule has 1 amide bonds. The number of nitrogens with zero attached hydrogens (tertiary/aromatic N) is 1. The summed E-state index contributed by atoms with van der Waals surface area (Å²) in [6, 6.07) is 5.17. The Morgan fingerprint density at radius 2 is 2.06 bits per heavy atom. The van der Waals surface area contributed by atoms with Gasteiger partial charge in [-0.05, 0) is 24.1 Å². The highest BCUT2D eigenvalue weighted by Crippen LogP contribution is 2.32. The molecule has 0 unspecified atom stereocenters. The van der Waals surface area contributed by atoms with E-state index in [0.717, 1.165) is 10.5 Å². The predicted octanol–water partition coefficient (Wildman–Crippen LogP) is 1.86. The molecule has 0 spiro atoms. The molecule has 0 aromatic heterocycles. The summed E-state index contributed by atoms with van der Waals surface area (Å²) in [4.78, 5) is 23.0. The molecule has 0 bridgehead atoms. The number of likely N-dealkylation sites (tertiary alicyclic amines) is 1. The van der Waals surface area contributed by atoms with E-state index in [1.807, 2.05) is 0 Å². The minimum Gasteiger partial charge on any atom is -0.465 e. The first kappa shape index (κ1) is 11.6. The van der Waals surface area contributed by atoms with Gasteiger partial charge in [0.2, 0.25) is 0 Å².